The molecule has 1 aliphatic carbocycles. The molecule has 0 aliphatic heterocycles. The Kier molecular flexibility index (Phi) is 5.21. The molecule has 0 saturated heterocycles. The molecule has 1 N–H and O–H groups in total. The minimum atomic E-state index is -0.275. The fourth-order valence-electron chi connectivity index (χ4n) is 2.63. The van der Waals surface area contributed by atoms with Crippen molar-refractivity contribution in [3.8, 4) is 0 Å². The molecule has 1 aromatic rings. The first-order valence-corrected chi connectivity index (χ1v) is 7.26. The van der Waals surface area contributed by atoms with E-state index >= 15 is 0 Å². The third-order valence-electron chi connectivity index (χ3n) is 3.89. The molecule has 0 bridgehead atoms. The first-order valence-electron chi connectivity index (χ1n) is 7.26. The summed E-state index contributed by atoms with van der Waals surface area (Å²) >= 11 is 0. The van der Waals surface area contributed by atoms with Gasteiger partial charge in [0, 0.05) is 26.1 Å². The van der Waals surface area contributed by atoms with E-state index in [1.54, 1.807) is 12.1 Å². The summed E-state index contributed by atoms with van der Waals surface area (Å²) in [5.41, 5.74) is 0. The summed E-state index contributed by atoms with van der Waals surface area (Å²) in [5, 5.41) is 2.69. The SMILES string of the molecule is CN(C(=O)CCNC(=O)c1ccco1)C1CCCCC1. The molecule has 1 saturated carbocycles. The average molecular weight is 278 g/mol. The lowest BCUT2D eigenvalue weighted by Crippen LogP contribution is -2.39. The van der Waals surface area contributed by atoms with Crippen LogP contribution in [0.1, 0.15) is 49.1 Å². The first kappa shape index (κ1) is 14.6. The number of rotatable bonds is 5. The Balaban J connectivity index is 1.70. The average Bonchev–Trinajstić information content (AvgIpc) is 3.01. The van der Waals surface area contributed by atoms with Gasteiger partial charge in [-0.2, -0.15) is 0 Å². The maximum absolute atomic E-state index is 12.1. The third kappa shape index (κ3) is 3.85. The van der Waals surface area contributed by atoms with Crippen molar-refractivity contribution in [1.29, 1.82) is 0 Å². The molecule has 110 valence electrons. The summed E-state index contributed by atoms with van der Waals surface area (Å²) < 4.78 is 4.99. The molecule has 0 radical (unpaired) electrons. The maximum atomic E-state index is 12.1. The topological polar surface area (TPSA) is 62.6 Å². The van der Waals surface area contributed by atoms with Gasteiger partial charge in [0.25, 0.3) is 5.91 Å². The Bertz CT molecular complexity index is 436. The van der Waals surface area contributed by atoms with Gasteiger partial charge < -0.3 is 14.6 Å². The summed E-state index contributed by atoms with van der Waals surface area (Å²) in [6.07, 6.45) is 7.67. The molecule has 2 rings (SSSR count). The minimum absolute atomic E-state index is 0.0941. The lowest BCUT2D eigenvalue weighted by molar-refractivity contribution is -0.132. The molecule has 5 heteroatoms. The van der Waals surface area contributed by atoms with Crippen molar-refractivity contribution < 1.29 is 14.0 Å². The zero-order valence-electron chi connectivity index (χ0n) is 11.9. The molecular weight excluding hydrogens is 256 g/mol. The Labute approximate surface area is 119 Å². The highest BCUT2D eigenvalue weighted by Crippen LogP contribution is 2.21. The van der Waals surface area contributed by atoms with Crippen LogP contribution in [0.4, 0.5) is 0 Å². The van der Waals surface area contributed by atoms with Gasteiger partial charge in [-0.15, -0.1) is 0 Å². The number of carbonyl (C=O) groups is 2. The summed E-state index contributed by atoms with van der Waals surface area (Å²) in [7, 11) is 1.87. The van der Waals surface area contributed by atoms with Gasteiger partial charge in [0.15, 0.2) is 5.76 Å². The predicted octanol–water partition coefficient (Wildman–Crippen LogP) is 2.19. The van der Waals surface area contributed by atoms with Crippen molar-refractivity contribution in [2.75, 3.05) is 13.6 Å². The van der Waals surface area contributed by atoms with Crippen LogP contribution in [-0.2, 0) is 4.79 Å². The van der Waals surface area contributed by atoms with Crippen molar-refractivity contribution in [3.05, 3.63) is 24.2 Å². The molecule has 0 atom stereocenters. The second kappa shape index (κ2) is 7.12. The largest absolute Gasteiger partial charge is 0.459 e. The highest BCUT2D eigenvalue weighted by atomic mass is 16.3. The fraction of sp³-hybridized carbons (Fsp3) is 0.600. The monoisotopic (exact) mass is 278 g/mol. The zero-order valence-corrected chi connectivity index (χ0v) is 11.9. The van der Waals surface area contributed by atoms with Gasteiger partial charge >= 0.3 is 0 Å². The maximum Gasteiger partial charge on any atom is 0.286 e. The standard InChI is InChI=1S/C15H22N2O3/c1-17(12-6-3-2-4-7-12)14(18)9-10-16-15(19)13-8-5-11-20-13/h5,8,11-12H,2-4,6-7,9-10H2,1H3,(H,16,19). The minimum Gasteiger partial charge on any atom is -0.459 e. The van der Waals surface area contributed by atoms with Crippen molar-refractivity contribution in [1.82, 2.24) is 10.2 Å². The first-order chi connectivity index (χ1) is 9.68. The second-order valence-corrected chi connectivity index (χ2v) is 5.28. The summed E-state index contributed by atoms with van der Waals surface area (Å²) in [6.45, 7) is 0.343. The van der Waals surface area contributed by atoms with Crippen molar-refractivity contribution in [2.45, 2.75) is 44.6 Å². The molecule has 1 fully saturated rings. The Morgan fingerprint density at radius 1 is 1.35 bits per heavy atom. The van der Waals surface area contributed by atoms with Gasteiger partial charge in [0.05, 0.1) is 6.26 Å². The van der Waals surface area contributed by atoms with Gasteiger partial charge in [-0.25, -0.2) is 0 Å². The van der Waals surface area contributed by atoms with Crippen LogP contribution < -0.4 is 5.32 Å². The second-order valence-electron chi connectivity index (χ2n) is 5.28. The van der Waals surface area contributed by atoms with Crippen LogP contribution in [0, 0.1) is 0 Å². The number of furan rings is 1. The normalized spacial score (nSPS) is 15.8. The lowest BCUT2D eigenvalue weighted by Gasteiger charge is -2.31. The fourth-order valence-corrected chi connectivity index (χ4v) is 2.63. The summed E-state index contributed by atoms with van der Waals surface area (Å²) in [4.78, 5) is 25.5. The zero-order chi connectivity index (χ0) is 14.4. The molecule has 0 unspecified atom stereocenters. The molecule has 1 aliphatic rings. The van der Waals surface area contributed by atoms with Crippen LogP contribution in [0.15, 0.2) is 22.8 Å². The molecule has 20 heavy (non-hydrogen) atoms. The molecule has 1 heterocycles. The molecular formula is C15H22N2O3. The van der Waals surface area contributed by atoms with E-state index in [9.17, 15) is 9.59 Å². The van der Waals surface area contributed by atoms with E-state index in [1.807, 2.05) is 11.9 Å². The van der Waals surface area contributed by atoms with Crippen LogP contribution in [0.5, 0.6) is 0 Å². The van der Waals surface area contributed by atoms with Crippen LogP contribution >= 0.6 is 0 Å². The number of hydrogen-bond donors (Lipinski definition) is 1. The van der Waals surface area contributed by atoms with E-state index in [1.165, 1.54) is 25.5 Å². The van der Waals surface area contributed by atoms with Crippen LogP contribution in [-0.4, -0.2) is 36.3 Å². The Morgan fingerprint density at radius 2 is 2.10 bits per heavy atom. The van der Waals surface area contributed by atoms with Crippen LogP contribution in [0.25, 0.3) is 0 Å². The van der Waals surface area contributed by atoms with Gasteiger partial charge in [0.1, 0.15) is 0 Å². The van der Waals surface area contributed by atoms with Crippen molar-refractivity contribution >= 4 is 11.8 Å². The van der Waals surface area contributed by atoms with Gasteiger partial charge in [-0.1, -0.05) is 19.3 Å². The van der Waals surface area contributed by atoms with E-state index < -0.39 is 0 Å². The highest BCUT2D eigenvalue weighted by Gasteiger charge is 2.21. The number of nitrogens with one attached hydrogen (secondary N) is 1. The third-order valence-corrected chi connectivity index (χ3v) is 3.89. The number of carbonyl (C=O) groups excluding carboxylic acids is 2. The van der Waals surface area contributed by atoms with Gasteiger partial charge in [0.2, 0.25) is 5.91 Å². The van der Waals surface area contributed by atoms with E-state index in [-0.39, 0.29) is 17.6 Å². The Morgan fingerprint density at radius 3 is 2.75 bits per heavy atom. The molecule has 0 spiro atoms. The van der Waals surface area contributed by atoms with E-state index in [0.29, 0.717) is 19.0 Å². The van der Waals surface area contributed by atoms with Gasteiger partial charge in [-0.3, -0.25) is 9.59 Å². The van der Waals surface area contributed by atoms with E-state index in [0.717, 1.165) is 12.8 Å². The van der Waals surface area contributed by atoms with Crippen molar-refractivity contribution in [2.24, 2.45) is 0 Å². The Hall–Kier alpha value is -1.78. The lowest BCUT2D eigenvalue weighted by atomic mass is 9.94. The molecule has 2 amide bonds. The van der Waals surface area contributed by atoms with Crippen LogP contribution in [0.3, 0.4) is 0 Å². The molecule has 0 aromatic carbocycles. The quantitative estimate of drug-likeness (QED) is 0.898. The number of hydrogen-bond acceptors (Lipinski definition) is 3. The number of amides is 2. The molecule has 1 aromatic heterocycles. The van der Waals surface area contributed by atoms with Gasteiger partial charge in [-0.05, 0) is 25.0 Å². The molecule has 5 nitrogen and oxygen atoms in total. The van der Waals surface area contributed by atoms with E-state index in [2.05, 4.69) is 5.32 Å². The highest BCUT2D eigenvalue weighted by molar-refractivity contribution is 5.91. The van der Waals surface area contributed by atoms with Crippen LogP contribution in [0.2, 0.25) is 0 Å². The smallest absolute Gasteiger partial charge is 0.286 e. The van der Waals surface area contributed by atoms with E-state index in [4.69, 9.17) is 4.42 Å². The number of nitrogens with zero attached hydrogens (tertiary/aromatic N) is 1. The van der Waals surface area contributed by atoms with Crippen molar-refractivity contribution in [3.63, 3.8) is 0 Å². The summed E-state index contributed by atoms with van der Waals surface area (Å²) in [6, 6.07) is 3.64. The summed E-state index contributed by atoms with van der Waals surface area (Å²) in [5.74, 6) is 0.0952. The predicted molar refractivity (Wildman–Crippen MR) is 75.3 cm³/mol.